The van der Waals surface area contributed by atoms with Crippen LogP contribution in [0, 0.1) is 0 Å². The highest BCUT2D eigenvalue weighted by molar-refractivity contribution is 7.92. The summed E-state index contributed by atoms with van der Waals surface area (Å²) in [6.45, 7) is 0.0552. The van der Waals surface area contributed by atoms with Gasteiger partial charge in [0.25, 0.3) is 0 Å². The van der Waals surface area contributed by atoms with Crippen molar-refractivity contribution >= 4 is 39.4 Å². The molecule has 0 aliphatic rings. The predicted octanol–water partition coefficient (Wildman–Crippen LogP) is 4.88. The van der Waals surface area contributed by atoms with Crippen molar-refractivity contribution in [1.82, 2.24) is 4.98 Å². The van der Waals surface area contributed by atoms with Gasteiger partial charge in [-0.05, 0) is 53.6 Å². The van der Waals surface area contributed by atoms with Crippen molar-refractivity contribution in [2.75, 3.05) is 15.5 Å². The van der Waals surface area contributed by atoms with Gasteiger partial charge in [0.15, 0.2) is 0 Å². The van der Waals surface area contributed by atoms with E-state index < -0.39 is 21.9 Å². The first-order valence-corrected chi connectivity index (χ1v) is 11.8. The number of halogens is 4. The molecule has 0 N–H and O–H groups in total. The minimum Gasteiger partial charge on any atom is -0.311 e. The molecule has 33 heavy (non-hydrogen) atoms. The van der Waals surface area contributed by atoms with Crippen LogP contribution in [0.3, 0.4) is 0 Å². The normalized spacial score (nSPS) is 11.8. The second kappa shape index (κ2) is 9.80. The Kier molecular flexibility index (Phi) is 7.28. The SMILES string of the molecule is CS(=O)(=O)N(Cc1cccc(Cl)c1)c1ccc(N(C=O)Cc2ccc(C(F)(F)F)nc2)cc1. The summed E-state index contributed by atoms with van der Waals surface area (Å²) < 4.78 is 64.0. The van der Waals surface area contributed by atoms with Crippen LogP contribution < -0.4 is 9.21 Å². The number of carbonyl (C=O) groups excluding carboxylic acids is 1. The molecule has 0 radical (unpaired) electrons. The zero-order valence-corrected chi connectivity index (χ0v) is 18.9. The number of sulfonamides is 1. The molecule has 0 saturated heterocycles. The number of aromatic nitrogens is 1. The van der Waals surface area contributed by atoms with E-state index in [0.717, 1.165) is 18.5 Å². The average Bonchev–Trinajstić information content (AvgIpc) is 2.75. The van der Waals surface area contributed by atoms with Crippen molar-refractivity contribution in [3.8, 4) is 0 Å². The van der Waals surface area contributed by atoms with Crippen molar-refractivity contribution in [3.63, 3.8) is 0 Å². The van der Waals surface area contributed by atoms with Gasteiger partial charge in [-0.25, -0.2) is 8.42 Å². The summed E-state index contributed by atoms with van der Waals surface area (Å²) in [5.41, 5.74) is 0.890. The van der Waals surface area contributed by atoms with Crippen molar-refractivity contribution in [1.29, 1.82) is 0 Å². The average molecular weight is 498 g/mol. The highest BCUT2D eigenvalue weighted by Crippen LogP contribution is 2.28. The number of anilines is 2. The number of hydrogen-bond acceptors (Lipinski definition) is 4. The second-order valence-corrected chi connectivity index (χ2v) is 9.54. The van der Waals surface area contributed by atoms with Crippen molar-refractivity contribution in [2.24, 2.45) is 0 Å². The molecule has 0 spiro atoms. The molecule has 0 bridgehead atoms. The third kappa shape index (κ3) is 6.45. The topological polar surface area (TPSA) is 70.6 Å². The molecule has 0 aliphatic carbocycles. The van der Waals surface area contributed by atoms with Crippen LogP contribution in [-0.4, -0.2) is 26.1 Å². The second-order valence-electron chi connectivity index (χ2n) is 7.20. The number of nitrogens with zero attached hydrogens (tertiary/aromatic N) is 3. The molecule has 1 aromatic heterocycles. The standard InChI is InChI=1S/C22H19ClF3N3O3S/c1-33(31,32)29(14-16-3-2-4-18(23)11-16)20-8-6-19(7-9-20)28(15-30)13-17-5-10-21(27-12-17)22(24,25)26/h2-12,15H,13-14H2,1H3. The van der Waals surface area contributed by atoms with Gasteiger partial charge in [-0.3, -0.25) is 14.1 Å². The van der Waals surface area contributed by atoms with Crippen LogP contribution >= 0.6 is 11.6 Å². The van der Waals surface area contributed by atoms with Gasteiger partial charge < -0.3 is 4.90 Å². The van der Waals surface area contributed by atoms with Gasteiger partial charge in [0.2, 0.25) is 16.4 Å². The van der Waals surface area contributed by atoms with Crippen LogP contribution in [0.4, 0.5) is 24.5 Å². The minimum absolute atomic E-state index is 0.00765. The monoisotopic (exact) mass is 497 g/mol. The van der Waals surface area contributed by atoms with E-state index in [1.165, 1.54) is 15.3 Å². The van der Waals surface area contributed by atoms with Crippen LogP contribution in [0.25, 0.3) is 0 Å². The van der Waals surface area contributed by atoms with E-state index in [1.54, 1.807) is 48.5 Å². The molecular weight excluding hydrogens is 479 g/mol. The highest BCUT2D eigenvalue weighted by atomic mass is 35.5. The van der Waals surface area contributed by atoms with Crippen molar-refractivity contribution in [2.45, 2.75) is 19.3 Å². The van der Waals surface area contributed by atoms with Gasteiger partial charge in [0.1, 0.15) is 5.69 Å². The van der Waals surface area contributed by atoms with E-state index in [9.17, 15) is 26.4 Å². The Balaban J connectivity index is 1.80. The Hall–Kier alpha value is -3.11. The van der Waals surface area contributed by atoms with E-state index in [4.69, 9.17) is 11.6 Å². The van der Waals surface area contributed by atoms with Crippen LogP contribution in [0.5, 0.6) is 0 Å². The van der Waals surface area contributed by atoms with E-state index in [2.05, 4.69) is 4.98 Å². The molecule has 3 rings (SSSR count). The van der Waals surface area contributed by atoms with Gasteiger partial charge in [0, 0.05) is 16.9 Å². The third-order valence-electron chi connectivity index (χ3n) is 4.68. The summed E-state index contributed by atoms with van der Waals surface area (Å²) in [5.74, 6) is 0. The van der Waals surface area contributed by atoms with Crippen LogP contribution in [-0.2, 0) is 34.1 Å². The van der Waals surface area contributed by atoms with Gasteiger partial charge in [-0.15, -0.1) is 0 Å². The maximum absolute atomic E-state index is 12.7. The fraction of sp³-hybridized carbons (Fsp3) is 0.182. The molecule has 0 aliphatic heterocycles. The number of pyridine rings is 1. The van der Waals surface area contributed by atoms with Gasteiger partial charge >= 0.3 is 6.18 Å². The van der Waals surface area contributed by atoms with Gasteiger partial charge in [-0.1, -0.05) is 29.8 Å². The number of rotatable bonds is 8. The summed E-state index contributed by atoms with van der Waals surface area (Å²) in [4.78, 5) is 16.3. The molecule has 11 heteroatoms. The highest BCUT2D eigenvalue weighted by Gasteiger charge is 2.32. The summed E-state index contributed by atoms with van der Waals surface area (Å²) in [7, 11) is -3.63. The molecular formula is C22H19ClF3N3O3S. The first-order valence-electron chi connectivity index (χ1n) is 9.53. The van der Waals surface area contributed by atoms with E-state index in [0.29, 0.717) is 33.9 Å². The molecule has 0 fully saturated rings. The summed E-state index contributed by atoms with van der Waals surface area (Å²) in [5, 5.41) is 0.482. The van der Waals surface area contributed by atoms with Crippen LogP contribution in [0.15, 0.2) is 66.9 Å². The molecule has 1 amide bonds. The smallest absolute Gasteiger partial charge is 0.311 e. The number of hydrogen-bond donors (Lipinski definition) is 0. The lowest BCUT2D eigenvalue weighted by Gasteiger charge is -2.24. The Morgan fingerprint density at radius 1 is 0.970 bits per heavy atom. The predicted molar refractivity (Wildman–Crippen MR) is 120 cm³/mol. The van der Waals surface area contributed by atoms with Crippen molar-refractivity contribution < 1.29 is 26.4 Å². The maximum atomic E-state index is 12.7. The Morgan fingerprint density at radius 2 is 1.64 bits per heavy atom. The lowest BCUT2D eigenvalue weighted by Crippen LogP contribution is -2.29. The Labute approximate surface area is 194 Å². The lowest BCUT2D eigenvalue weighted by atomic mass is 10.2. The number of benzene rings is 2. The van der Waals surface area contributed by atoms with E-state index in [1.807, 2.05) is 0 Å². The molecule has 3 aromatic rings. The Bertz CT molecular complexity index is 1220. The molecule has 2 aromatic carbocycles. The Morgan fingerprint density at radius 3 is 2.15 bits per heavy atom. The van der Waals surface area contributed by atoms with E-state index in [-0.39, 0.29) is 13.1 Å². The summed E-state index contributed by atoms with van der Waals surface area (Å²) in [6.07, 6.45) is -1.87. The quantitative estimate of drug-likeness (QED) is 0.416. The molecule has 1 heterocycles. The largest absolute Gasteiger partial charge is 0.433 e. The molecule has 0 saturated carbocycles. The maximum Gasteiger partial charge on any atom is 0.433 e. The zero-order valence-electron chi connectivity index (χ0n) is 17.3. The molecule has 0 unspecified atom stereocenters. The van der Waals surface area contributed by atoms with Gasteiger partial charge in [-0.2, -0.15) is 13.2 Å². The lowest BCUT2D eigenvalue weighted by molar-refractivity contribution is -0.141. The first-order chi connectivity index (χ1) is 15.5. The summed E-state index contributed by atoms with van der Waals surface area (Å²) in [6, 6.07) is 15.1. The summed E-state index contributed by atoms with van der Waals surface area (Å²) >= 11 is 5.99. The number of carbonyl (C=O) groups is 1. The molecule has 0 atom stereocenters. The van der Waals surface area contributed by atoms with E-state index >= 15 is 0 Å². The first kappa shape index (κ1) is 24.5. The van der Waals surface area contributed by atoms with Crippen molar-refractivity contribution in [3.05, 3.63) is 88.7 Å². The molecule has 174 valence electrons. The molecule has 6 nitrogen and oxygen atoms in total. The number of alkyl halides is 3. The third-order valence-corrected chi connectivity index (χ3v) is 6.06. The number of amides is 1. The zero-order chi connectivity index (χ0) is 24.2. The fourth-order valence-electron chi connectivity index (χ4n) is 3.08. The van der Waals surface area contributed by atoms with Crippen LogP contribution in [0.2, 0.25) is 5.02 Å². The fourth-order valence-corrected chi connectivity index (χ4v) is 4.18. The van der Waals surface area contributed by atoms with Crippen LogP contribution in [0.1, 0.15) is 16.8 Å². The minimum atomic E-state index is -4.55. The van der Waals surface area contributed by atoms with Gasteiger partial charge in [0.05, 0.1) is 25.0 Å².